The minimum Gasteiger partial charge on any atom is -0.465 e. The number of amides is 2. The monoisotopic (exact) mass is 418 g/mol. The van der Waals surface area contributed by atoms with E-state index in [1.165, 1.54) is 22.6 Å². The van der Waals surface area contributed by atoms with Crippen molar-refractivity contribution in [1.29, 1.82) is 0 Å². The molecule has 4 N–H and O–H groups in total. The van der Waals surface area contributed by atoms with Crippen LogP contribution in [0.3, 0.4) is 0 Å². The molecule has 0 bridgehead atoms. The number of carboxylic acid groups (broad SMARTS) is 2. The molecule has 0 spiro atoms. The zero-order valence-corrected chi connectivity index (χ0v) is 17.4. The first-order valence-corrected chi connectivity index (χ1v) is 11.4. The van der Waals surface area contributed by atoms with E-state index >= 15 is 0 Å². The summed E-state index contributed by atoms with van der Waals surface area (Å²) >= 11 is 0. The molecule has 4 aliphatic heterocycles. The predicted octanol–water partition coefficient (Wildman–Crippen LogP) is 2.75. The van der Waals surface area contributed by atoms with Gasteiger partial charge in [0.2, 0.25) is 0 Å². The van der Waals surface area contributed by atoms with Crippen LogP contribution in [0.4, 0.5) is 9.59 Å². The zero-order chi connectivity index (χ0) is 21.1. The molecule has 0 aromatic carbocycles. The highest BCUT2D eigenvalue weighted by Crippen LogP contribution is 2.41. The van der Waals surface area contributed by atoms with Gasteiger partial charge in [0.25, 0.3) is 0 Å². The minimum absolute atomic E-state index is 0.184. The third-order valence-electron chi connectivity index (χ3n) is 7.45. The van der Waals surface area contributed by atoms with Crippen molar-refractivity contribution in [2.75, 3.05) is 26.2 Å². The fraction of sp³-hybridized carbons (Fsp3) is 0.727. The van der Waals surface area contributed by atoms with Gasteiger partial charge < -0.3 is 20.8 Å². The van der Waals surface area contributed by atoms with E-state index in [2.05, 4.69) is 22.8 Å². The van der Waals surface area contributed by atoms with Gasteiger partial charge >= 0.3 is 12.2 Å². The zero-order valence-electron chi connectivity index (χ0n) is 17.4. The van der Waals surface area contributed by atoms with Crippen molar-refractivity contribution in [2.24, 2.45) is 23.7 Å². The summed E-state index contributed by atoms with van der Waals surface area (Å²) in [4.78, 5) is 26.1. The Hall–Kier alpha value is -2.06. The molecule has 8 heteroatoms. The molecule has 0 saturated carbocycles. The number of allylic oxidation sites excluding steroid dienone is 2. The third-order valence-corrected chi connectivity index (χ3v) is 7.45. The second-order valence-electron chi connectivity index (χ2n) is 9.15. The van der Waals surface area contributed by atoms with Gasteiger partial charge in [0.1, 0.15) is 0 Å². The Bertz CT molecular complexity index is 627. The molecule has 4 heterocycles. The molecule has 6 atom stereocenters. The van der Waals surface area contributed by atoms with E-state index in [9.17, 15) is 19.8 Å². The lowest BCUT2D eigenvalue weighted by Crippen LogP contribution is -2.55. The van der Waals surface area contributed by atoms with Crippen LogP contribution in [-0.4, -0.2) is 70.5 Å². The summed E-state index contributed by atoms with van der Waals surface area (Å²) in [7, 11) is 0. The van der Waals surface area contributed by atoms with Crippen molar-refractivity contribution < 1.29 is 19.8 Å². The Morgan fingerprint density at radius 1 is 0.733 bits per heavy atom. The molecule has 2 amide bonds. The molecule has 0 aromatic rings. The maximum Gasteiger partial charge on any atom is 0.411 e. The van der Waals surface area contributed by atoms with Crippen molar-refractivity contribution in [2.45, 2.75) is 50.6 Å². The Labute approximate surface area is 178 Å². The van der Waals surface area contributed by atoms with Gasteiger partial charge in [-0.05, 0) is 62.4 Å². The van der Waals surface area contributed by atoms with E-state index in [1.807, 2.05) is 0 Å². The number of rotatable bonds is 3. The van der Waals surface area contributed by atoms with Crippen LogP contribution in [0, 0.1) is 23.7 Å². The summed E-state index contributed by atoms with van der Waals surface area (Å²) in [5, 5.41) is 26.4. The fourth-order valence-corrected chi connectivity index (χ4v) is 5.90. The summed E-state index contributed by atoms with van der Waals surface area (Å²) in [6, 6.07) is 0.586. The number of piperidine rings is 2. The van der Waals surface area contributed by atoms with Crippen molar-refractivity contribution in [3.63, 3.8) is 0 Å². The summed E-state index contributed by atoms with van der Waals surface area (Å²) in [6.45, 7) is 2.94. The number of carbonyl (C=O) groups is 2. The second kappa shape index (κ2) is 9.39. The molecule has 2 fully saturated rings. The molecule has 0 radical (unpaired) electrons. The van der Waals surface area contributed by atoms with Gasteiger partial charge in [0.05, 0.1) is 0 Å². The summed E-state index contributed by atoms with van der Waals surface area (Å²) in [5.41, 5.74) is 0. The van der Waals surface area contributed by atoms with Crippen molar-refractivity contribution in [3.05, 3.63) is 24.6 Å². The summed E-state index contributed by atoms with van der Waals surface area (Å²) < 4.78 is 0. The van der Waals surface area contributed by atoms with E-state index in [-0.39, 0.29) is 23.7 Å². The second-order valence-corrected chi connectivity index (χ2v) is 9.15. The van der Waals surface area contributed by atoms with Gasteiger partial charge in [-0.15, -0.1) is 0 Å². The van der Waals surface area contributed by atoms with Crippen molar-refractivity contribution >= 4 is 12.2 Å². The van der Waals surface area contributed by atoms with Crippen LogP contribution in [0.1, 0.15) is 38.5 Å². The summed E-state index contributed by atoms with van der Waals surface area (Å²) in [5.74, 6) is 0.751. The number of hydrogen-bond acceptors (Lipinski definition) is 4. The average molecular weight is 419 g/mol. The van der Waals surface area contributed by atoms with Crippen LogP contribution in [0.5, 0.6) is 0 Å². The SMILES string of the molecule is O=C(O)N1C=CC(C2C=CN(C(=O)O)CC2C2CCCCN2)C(C2CCCCN2)C1. The average Bonchev–Trinajstić information content (AvgIpc) is 2.79. The van der Waals surface area contributed by atoms with Gasteiger partial charge in [-0.2, -0.15) is 0 Å². The first-order valence-electron chi connectivity index (χ1n) is 11.4. The first kappa shape index (κ1) is 21.2. The Morgan fingerprint density at radius 2 is 1.17 bits per heavy atom. The van der Waals surface area contributed by atoms with E-state index in [1.54, 1.807) is 12.4 Å². The highest BCUT2D eigenvalue weighted by Gasteiger charge is 2.44. The van der Waals surface area contributed by atoms with E-state index in [0.29, 0.717) is 25.2 Å². The lowest BCUT2D eigenvalue weighted by atomic mass is 9.66. The molecule has 4 aliphatic rings. The van der Waals surface area contributed by atoms with E-state index < -0.39 is 12.2 Å². The van der Waals surface area contributed by atoms with Crippen molar-refractivity contribution in [3.8, 4) is 0 Å². The largest absolute Gasteiger partial charge is 0.465 e. The maximum atomic E-state index is 11.7. The highest BCUT2D eigenvalue weighted by molar-refractivity contribution is 5.67. The molecule has 6 unspecified atom stereocenters. The predicted molar refractivity (Wildman–Crippen MR) is 113 cm³/mol. The van der Waals surface area contributed by atoms with Crippen LogP contribution < -0.4 is 10.6 Å². The number of nitrogens with one attached hydrogen (secondary N) is 2. The topological polar surface area (TPSA) is 105 Å². The van der Waals surface area contributed by atoms with Crippen LogP contribution >= 0.6 is 0 Å². The quantitative estimate of drug-likeness (QED) is 0.562. The molecule has 166 valence electrons. The van der Waals surface area contributed by atoms with E-state index in [4.69, 9.17) is 0 Å². The third kappa shape index (κ3) is 4.49. The van der Waals surface area contributed by atoms with Gasteiger partial charge in [-0.3, -0.25) is 9.80 Å². The first-order chi connectivity index (χ1) is 14.5. The Morgan fingerprint density at radius 3 is 1.50 bits per heavy atom. The fourth-order valence-electron chi connectivity index (χ4n) is 5.90. The van der Waals surface area contributed by atoms with E-state index in [0.717, 1.165) is 38.8 Å². The Balaban J connectivity index is 1.63. The lowest BCUT2D eigenvalue weighted by molar-refractivity contribution is 0.0819. The van der Waals surface area contributed by atoms with Crippen LogP contribution in [-0.2, 0) is 0 Å². The van der Waals surface area contributed by atoms with Crippen LogP contribution in [0.15, 0.2) is 24.6 Å². The van der Waals surface area contributed by atoms with Gasteiger partial charge in [0.15, 0.2) is 0 Å². The molecule has 8 nitrogen and oxygen atoms in total. The standard InChI is InChI=1S/C22H34N4O4/c27-21(28)25-11-7-15(17(13-25)19-5-1-3-9-23-19)16-8-12-26(22(29)30)14-18(16)20-6-2-4-10-24-20/h7-8,11-12,15-20,23-24H,1-6,9-10,13-14H2,(H,27,28)(H,29,30). The van der Waals surface area contributed by atoms with Crippen molar-refractivity contribution in [1.82, 2.24) is 20.4 Å². The van der Waals surface area contributed by atoms with Crippen LogP contribution in [0.25, 0.3) is 0 Å². The number of hydrogen-bond donors (Lipinski definition) is 4. The summed E-state index contributed by atoms with van der Waals surface area (Å²) in [6.07, 6.45) is 12.5. The van der Waals surface area contributed by atoms with Gasteiger partial charge in [0, 0.05) is 37.6 Å². The molecule has 0 aliphatic carbocycles. The lowest BCUT2D eigenvalue weighted by Gasteiger charge is -2.47. The molecule has 0 aromatic heterocycles. The highest BCUT2D eigenvalue weighted by atomic mass is 16.4. The van der Waals surface area contributed by atoms with Gasteiger partial charge in [-0.1, -0.05) is 25.0 Å². The minimum atomic E-state index is -0.910. The Kier molecular flexibility index (Phi) is 6.63. The molecule has 4 rings (SSSR count). The smallest absolute Gasteiger partial charge is 0.411 e. The molecular formula is C22H34N4O4. The maximum absolute atomic E-state index is 11.7. The van der Waals surface area contributed by atoms with Crippen LogP contribution in [0.2, 0.25) is 0 Å². The normalized spacial score (nSPS) is 37.2. The molecule has 2 saturated heterocycles. The van der Waals surface area contributed by atoms with Gasteiger partial charge in [-0.25, -0.2) is 9.59 Å². The number of nitrogens with zero attached hydrogens (tertiary/aromatic N) is 2. The molecule has 30 heavy (non-hydrogen) atoms. The molecular weight excluding hydrogens is 384 g/mol.